The van der Waals surface area contributed by atoms with E-state index in [4.69, 9.17) is 4.74 Å². The smallest absolute Gasteiger partial charge is 0.401 e. The first-order valence-electron chi connectivity index (χ1n) is 7.49. The molecule has 1 saturated heterocycles. The van der Waals surface area contributed by atoms with E-state index in [2.05, 4.69) is 0 Å². The number of hydrogen-bond donors (Lipinski definition) is 0. The summed E-state index contributed by atoms with van der Waals surface area (Å²) in [5.41, 5.74) is 0.549. The zero-order valence-corrected chi connectivity index (χ0v) is 12.8. The molecule has 0 bridgehead atoms. The van der Waals surface area contributed by atoms with Crippen molar-refractivity contribution in [3.8, 4) is 0 Å². The number of benzene rings is 1. The van der Waals surface area contributed by atoms with Crippen molar-refractivity contribution in [3.05, 3.63) is 35.6 Å². The van der Waals surface area contributed by atoms with Crippen molar-refractivity contribution >= 4 is 5.97 Å². The molecule has 0 N–H and O–H groups in total. The highest BCUT2D eigenvalue weighted by Crippen LogP contribution is 2.25. The number of hydrogen-bond acceptors (Lipinski definition) is 3. The molecule has 7 heteroatoms. The fourth-order valence-corrected chi connectivity index (χ4v) is 2.68. The lowest BCUT2D eigenvalue weighted by molar-refractivity contribution is -0.159. The summed E-state index contributed by atoms with van der Waals surface area (Å²) in [5, 5.41) is 0. The number of ether oxygens (including phenoxy) is 1. The normalized spacial score (nSPS) is 18.7. The van der Waals surface area contributed by atoms with Crippen molar-refractivity contribution in [2.75, 3.05) is 19.6 Å². The Labute approximate surface area is 132 Å². The molecule has 1 aliphatic heterocycles. The average Bonchev–Trinajstić information content (AvgIpc) is 2.46. The van der Waals surface area contributed by atoms with Crippen LogP contribution in [0.3, 0.4) is 0 Å². The summed E-state index contributed by atoms with van der Waals surface area (Å²) < 4.78 is 55.5. The molecule has 3 nitrogen and oxygen atoms in total. The van der Waals surface area contributed by atoms with Gasteiger partial charge in [0.05, 0.1) is 12.5 Å². The third kappa shape index (κ3) is 5.49. The summed E-state index contributed by atoms with van der Waals surface area (Å²) in [6, 6.07) is 5.79. The third-order valence-corrected chi connectivity index (χ3v) is 3.93. The van der Waals surface area contributed by atoms with Gasteiger partial charge in [0, 0.05) is 0 Å². The van der Waals surface area contributed by atoms with Crippen LogP contribution in [0.25, 0.3) is 0 Å². The Kier molecular flexibility index (Phi) is 5.62. The van der Waals surface area contributed by atoms with Gasteiger partial charge >= 0.3 is 12.1 Å². The molecular weight excluding hydrogens is 314 g/mol. The first kappa shape index (κ1) is 17.7. The lowest BCUT2D eigenvalue weighted by Gasteiger charge is -2.31. The topological polar surface area (TPSA) is 29.5 Å². The van der Waals surface area contributed by atoms with Crippen LogP contribution < -0.4 is 0 Å². The van der Waals surface area contributed by atoms with E-state index in [0.717, 1.165) is 0 Å². The number of alkyl halides is 3. The number of halogens is 4. The first-order chi connectivity index (χ1) is 10.7. The van der Waals surface area contributed by atoms with Crippen LogP contribution in [0, 0.1) is 11.7 Å². The van der Waals surface area contributed by atoms with Crippen molar-refractivity contribution < 1.29 is 27.1 Å². The predicted octanol–water partition coefficient (Wildman–Crippen LogP) is 3.70. The Bertz CT molecular complexity index is 539. The summed E-state index contributed by atoms with van der Waals surface area (Å²) in [5.74, 6) is -1.25. The van der Waals surface area contributed by atoms with Gasteiger partial charge in [-0.05, 0) is 50.6 Å². The average molecular weight is 333 g/mol. The summed E-state index contributed by atoms with van der Waals surface area (Å²) >= 11 is 0. The van der Waals surface area contributed by atoms with Gasteiger partial charge in [0.2, 0.25) is 0 Å². The van der Waals surface area contributed by atoms with E-state index >= 15 is 0 Å². The number of likely N-dealkylation sites (tertiary alicyclic amines) is 1. The number of carbonyl (C=O) groups is 1. The van der Waals surface area contributed by atoms with Gasteiger partial charge in [-0.3, -0.25) is 9.69 Å². The third-order valence-electron chi connectivity index (χ3n) is 3.93. The number of piperidine rings is 1. The Morgan fingerprint density at radius 3 is 2.57 bits per heavy atom. The first-order valence-corrected chi connectivity index (χ1v) is 7.49. The monoisotopic (exact) mass is 333 g/mol. The molecule has 0 aliphatic carbocycles. The standard InChI is InChI=1S/C16H19F4NO2/c1-11(13-3-2-4-14(17)9-13)23-15(22)12-5-7-21(8-6-12)10-16(18,19)20/h2-4,9,11-12H,5-8,10H2,1H3. The van der Waals surface area contributed by atoms with E-state index in [1.807, 2.05) is 0 Å². The van der Waals surface area contributed by atoms with Crippen LogP contribution >= 0.6 is 0 Å². The van der Waals surface area contributed by atoms with Gasteiger partial charge in [0.15, 0.2) is 0 Å². The van der Waals surface area contributed by atoms with Gasteiger partial charge in [-0.15, -0.1) is 0 Å². The Balaban J connectivity index is 1.83. The van der Waals surface area contributed by atoms with Crippen molar-refractivity contribution in [2.24, 2.45) is 5.92 Å². The van der Waals surface area contributed by atoms with E-state index in [9.17, 15) is 22.4 Å². The van der Waals surface area contributed by atoms with Crippen LogP contribution in [0.2, 0.25) is 0 Å². The maximum absolute atomic E-state index is 13.2. The van der Waals surface area contributed by atoms with Crippen molar-refractivity contribution in [1.29, 1.82) is 0 Å². The van der Waals surface area contributed by atoms with E-state index < -0.39 is 36.5 Å². The minimum absolute atomic E-state index is 0.216. The number of esters is 1. The van der Waals surface area contributed by atoms with Crippen LogP contribution in [0.4, 0.5) is 17.6 Å². The molecule has 2 rings (SSSR count). The zero-order chi connectivity index (χ0) is 17.0. The van der Waals surface area contributed by atoms with E-state index in [1.165, 1.54) is 23.1 Å². The van der Waals surface area contributed by atoms with Crippen molar-refractivity contribution in [2.45, 2.75) is 32.0 Å². The summed E-state index contributed by atoms with van der Waals surface area (Å²) in [7, 11) is 0. The minimum atomic E-state index is -4.22. The Hall–Kier alpha value is -1.63. The van der Waals surface area contributed by atoms with E-state index in [0.29, 0.717) is 18.4 Å². The van der Waals surface area contributed by atoms with Crippen LogP contribution in [0.1, 0.15) is 31.4 Å². The summed E-state index contributed by atoms with van der Waals surface area (Å²) in [6.07, 6.45) is -4.14. The van der Waals surface area contributed by atoms with Gasteiger partial charge in [-0.2, -0.15) is 13.2 Å². The molecule has 0 saturated carbocycles. The highest BCUT2D eigenvalue weighted by Gasteiger charge is 2.34. The number of rotatable bonds is 4. The largest absolute Gasteiger partial charge is 0.458 e. The molecule has 23 heavy (non-hydrogen) atoms. The lowest BCUT2D eigenvalue weighted by atomic mass is 9.97. The van der Waals surface area contributed by atoms with Gasteiger partial charge in [-0.1, -0.05) is 12.1 Å². The maximum Gasteiger partial charge on any atom is 0.401 e. The van der Waals surface area contributed by atoms with Gasteiger partial charge in [-0.25, -0.2) is 4.39 Å². The molecule has 0 amide bonds. The molecule has 1 aromatic carbocycles. The lowest BCUT2D eigenvalue weighted by Crippen LogP contribution is -2.41. The highest BCUT2D eigenvalue weighted by atomic mass is 19.4. The molecule has 1 aliphatic rings. The molecule has 1 atom stereocenters. The number of nitrogens with zero attached hydrogens (tertiary/aromatic N) is 1. The molecule has 1 heterocycles. The quantitative estimate of drug-likeness (QED) is 0.621. The molecule has 0 spiro atoms. The van der Waals surface area contributed by atoms with Gasteiger partial charge < -0.3 is 4.74 Å². The van der Waals surface area contributed by atoms with Crippen LogP contribution in [-0.4, -0.2) is 36.7 Å². The molecule has 1 aromatic rings. The maximum atomic E-state index is 13.2. The molecule has 128 valence electrons. The SMILES string of the molecule is CC(OC(=O)C1CCN(CC(F)(F)F)CC1)c1cccc(F)c1. The Morgan fingerprint density at radius 2 is 2.00 bits per heavy atom. The summed E-state index contributed by atoms with van der Waals surface area (Å²) in [4.78, 5) is 13.4. The van der Waals surface area contributed by atoms with Gasteiger partial charge in [0.25, 0.3) is 0 Å². The highest BCUT2D eigenvalue weighted by molar-refractivity contribution is 5.72. The van der Waals surface area contributed by atoms with Crippen LogP contribution in [0.15, 0.2) is 24.3 Å². The summed E-state index contributed by atoms with van der Waals surface area (Å²) in [6.45, 7) is 1.13. The zero-order valence-electron chi connectivity index (χ0n) is 12.8. The second kappa shape index (κ2) is 7.29. The second-order valence-electron chi connectivity index (χ2n) is 5.80. The molecule has 1 unspecified atom stereocenters. The van der Waals surface area contributed by atoms with E-state index in [-0.39, 0.29) is 13.1 Å². The predicted molar refractivity (Wildman–Crippen MR) is 76.1 cm³/mol. The van der Waals surface area contributed by atoms with Crippen LogP contribution in [0.5, 0.6) is 0 Å². The van der Waals surface area contributed by atoms with E-state index in [1.54, 1.807) is 13.0 Å². The molecule has 0 radical (unpaired) electrons. The van der Waals surface area contributed by atoms with Crippen molar-refractivity contribution in [1.82, 2.24) is 4.90 Å². The molecular formula is C16H19F4NO2. The van der Waals surface area contributed by atoms with Crippen LogP contribution in [-0.2, 0) is 9.53 Å². The van der Waals surface area contributed by atoms with Gasteiger partial charge in [0.1, 0.15) is 11.9 Å². The Morgan fingerprint density at radius 1 is 1.35 bits per heavy atom. The molecule has 1 fully saturated rings. The van der Waals surface area contributed by atoms with Crippen molar-refractivity contribution in [3.63, 3.8) is 0 Å². The fraction of sp³-hybridized carbons (Fsp3) is 0.562. The number of carbonyl (C=O) groups excluding carboxylic acids is 1. The molecule has 0 aromatic heterocycles. The fourth-order valence-electron chi connectivity index (χ4n) is 2.68. The second-order valence-corrected chi connectivity index (χ2v) is 5.80. The minimum Gasteiger partial charge on any atom is -0.458 e.